The molecule has 102 valence electrons. The van der Waals surface area contributed by atoms with Gasteiger partial charge in [-0.25, -0.2) is 0 Å². The molecular formula is C16H32B2. The number of hydrogen-bond acceptors (Lipinski definition) is 0. The summed E-state index contributed by atoms with van der Waals surface area (Å²) in [4.78, 5) is 0. The number of unbranched alkanes of at least 4 members (excludes halogenated alkanes) is 1. The van der Waals surface area contributed by atoms with E-state index in [2.05, 4.69) is 27.7 Å². The van der Waals surface area contributed by atoms with E-state index in [0.29, 0.717) is 0 Å². The first kappa shape index (κ1) is 14.5. The Morgan fingerprint density at radius 2 is 0.889 bits per heavy atom. The molecule has 2 fully saturated rings. The SMILES string of the molecule is CC1CB(CCCCB2CC(C)C(C)C2)CC1C. The van der Waals surface area contributed by atoms with Gasteiger partial charge in [-0.05, 0) is 23.7 Å². The van der Waals surface area contributed by atoms with Crippen LogP contribution in [0.4, 0.5) is 0 Å². The zero-order chi connectivity index (χ0) is 13.1. The molecule has 0 bridgehead atoms. The fourth-order valence-electron chi connectivity index (χ4n) is 4.56. The molecule has 0 radical (unpaired) electrons. The minimum atomic E-state index is 0.992. The molecule has 2 heteroatoms. The van der Waals surface area contributed by atoms with Crippen LogP contribution in [0.15, 0.2) is 0 Å². The van der Waals surface area contributed by atoms with Crippen LogP contribution < -0.4 is 0 Å². The Morgan fingerprint density at radius 3 is 1.17 bits per heavy atom. The number of rotatable bonds is 5. The highest BCUT2D eigenvalue weighted by molar-refractivity contribution is 6.60. The zero-order valence-corrected chi connectivity index (χ0v) is 13.1. The van der Waals surface area contributed by atoms with Crippen molar-refractivity contribution in [1.82, 2.24) is 0 Å². The van der Waals surface area contributed by atoms with Crippen LogP contribution in [0, 0.1) is 23.7 Å². The smallest absolute Gasteiger partial charge is 0.0742 e. The Labute approximate surface area is 116 Å². The maximum atomic E-state index is 2.45. The molecule has 0 aromatic carbocycles. The average Bonchev–Trinajstić information content (AvgIpc) is 2.79. The summed E-state index contributed by atoms with van der Waals surface area (Å²) in [7, 11) is 0. The van der Waals surface area contributed by atoms with Gasteiger partial charge in [0.05, 0.1) is 0 Å². The Bertz CT molecular complexity index is 207. The van der Waals surface area contributed by atoms with Gasteiger partial charge in [0.1, 0.15) is 13.4 Å². The monoisotopic (exact) mass is 246 g/mol. The molecule has 4 atom stereocenters. The second-order valence-electron chi connectivity index (χ2n) is 7.87. The number of hydrogen-bond donors (Lipinski definition) is 0. The summed E-state index contributed by atoms with van der Waals surface area (Å²) in [5.41, 5.74) is 0. The molecule has 2 saturated heterocycles. The topological polar surface area (TPSA) is 0 Å². The molecule has 2 rings (SSSR count). The van der Waals surface area contributed by atoms with Crippen LogP contribution >= 0.6 is 0 Å². The summed E-state index contributed by atoms with van der Waals surface area (Å²) in [6, 6.07) is 0. The van der Waals surface area contributed by atoms with Crippen molar-refractivity contribution in [2.45, 2.75) is 78.5 Å². The highest BCUT2D eigenvalue weighted by atomic mass is 14.2. The molecule has 0 aromatic heterocycles. The summed E-state index contributed by atoms with van der Waals surface area (Å²) in [5, 5.41) is 0. The molecule has 0 aromatic rings. The predicted octanol–water partition coefficient (Wildman–Crippen LogP) is 5.33. The fourth-order valence-corrected chi connectivity index (χ4v) is 4.56. The van der Waals surface area contributed by atoms with E-state index in [4.69, 9.17) is 0 Å². The Balaban J connectivity index is 1.54. The quantitative estimate of drug-likeness (QED) is 0.454. The zero-order valence-electron chi connectivity index (χ0n) is 13.1. The Morgan fingerprint density at radius 1 is 0.611 bits per heavy atom. The van der Waals surface area contributed by atoms with Crippen molar-refractivity contribution in [2.75, 3.05) is 0 Å². The van der Waals surface area contributed by atoms with Crippen molar-refractivity contribution < 1.29 is 0 Å². The third kappa shape index (κ3) is 3.81. The highest BCUT2D eigenvalue weighted by Gasteiger charge is 2.31. The van der Waals surface area contributed by atoms with Crippen molar-refractivity contribution in [1.29, 1.82) is 0 Å². The molecule has 18 heavy (non-hydrogen) atoms. The van der Waals surface area contributed by atoms with E-state index >= 15 is 0 Å². The average molecular weight is 246 g/mol. The Kier molecular flexibility index (Phi) is 5.27. The van der Waals surface area contributed by atoms with Crippen molar-refractivity contribution in [3.8, 4) is 0 Å². The molecule has 0 aliphatic carbocycles. The van der Waals surface area contributed by atoms with Crippen LogP contribution in [0.1, 0.15) is 40.5 Å². The van der Waals surface area contributed by atoms with Gasteiger partial charge in [0.15, 0.2) is 0 Å². The van der Waals surface area contributed by atoms with Gasteiger partial charge in [0.25, 0.3) is 0 Å². The van der Waals surface area contributed by atoms with Crippen molar-refractivity contribution in [3.63, 3.8) is 0 Å². The van der Waals surface area contributed by atoms with Gasteiger partial charge in [-0.1, -0.05) is 78.5 Å². The van der Waals surface area contributed by atoms with E-state index in [1.54, 1.807) is 0 Å². The van der Waals surface area contributed by atoms with Gasteiger partial charge >= 0.3 is 0 Å². The van der Waals surface area contributed by atoms with E-state index in [9.17, 15) is 0 Å². The second-order valence-corrected chi connectivity index (χ2v) is 7.87. The van der Waals surface area contributed by atoms with Crippen LogP contribution in [0.2, 0.25) is 37.9 Å². The van der Waals surface area contributed by atoms with Crippen molar-refractivity contribution in [2.24, 2.45) is 23.7 Å². The fraction of sp³-hybridized carbons (Fsp3) is 1.00. The highest BCUT2D eigenvalue weighted by Crippen LogP contribution is 2.36. The lowest BCUT2D eigenvalue weighted by atomic mass is 9.42. The van der Waals surface area contributed by atoms with E-state index in [1.165, 1.54) is 50.8 Å². The minimum Gasteiger partial charge on any atom is -0.0742 e. The normalized spacial score (nSPS) is 36.7. The standard InChI is InChI=1S/C16H32B2/c1-13-9-17(10-14(13)2)7-5-6-8-18-11-15(3)16(4)12-18/h13-16H,5-12H2,1-4H3. The van der Waals surface area contributed by atoms with Crippen LogP contribution in [-0.4, -0.2) is 13.4 Å². The molecule has 4 unspecified atom stereocenters. The molecular weight excluding hydrogens is 214 g/mol. The molecule has 2 aliphatic rings. The maximum Gasteiger partial charge on any atom is 0.140 e. The van der Waals surface area contributed by atoms with Crippen molar-refractivity contribution in [3.05, 3.63) is 0 Å². The molecule has 0 nitrogen and oxygen atoms in total. The first-order valence-corrected chi connectivity index (χ1v) is 8.56. The first-order chi connectivity index (χ1) is 8.56. The van der Waals surface area contributed by atoms with E-state index in [-0.39, 0.29) is 0 Å². The van der Waals surface area contributed by atoms with Crippen LogP contribution in [0.3, 0.4) is 0 Å². The third-order valence-corrected chi connectivity index (χ3v) is 6.24. The molecule has 2 aliphatic heterocycles. The van der Waals surface area contributed by atoms with Gasteiger partial charge in [-0.3, -0.25) is 0 Å². The molecule has 2 heterocycles. The first-order valence-electron chi connectivity index (χ1n) is 8.56. The van der Waals surface area contributed by atoms with Crippen LogP contribution in [0.5, 0.6) is 0 Å². The van der Waals surface area contributed by atoms with Crippen LogP contribution in [0.25, 0.3) is 0 Å². The molecule has 0 spiro atoms. The van der Waals surface area contributed by atoms with Gasteiger partial charge in [-0.15, -0.1) is 0 Å². The summed E-state index contributed by atoms with van der Waals surface area (Å²) in [5.74, 6) is 3.97. The molecule has 0 N–H and O–H groups in total. The largest absolute Gasteiger partial charge is 0.140 e. The van der Waals surface area contributed by atoms with E-state index < -0.39 is 0 Å². The summed E-state index contributed by atoms with van der Waals surface area (Å²) in [6.45, 7) is 11.9. The van der Waals surface area contributed by atoms with Gasteiger partial charge in [-0.2, -0.15) is 0 Å². The predicted molar refractivity (Wildman–Crippen MR) is 86.2 cm³/mol. The Hall–Kier alpha value is 0.130. The maximum absolute atomic E-state index is 2.45. The van der Waals surface area contributed by atoms with Gasteiger partial charge in [0.2, 0.25) is 0 Å². The van der Waals surface area contributed by atoms with Crippen molar-refractivity contribution >= 4 is 13.4 Å². The third-order valence-electron chi connectivity index (χ3n) is 6.24. The lowest BCUT2D eigenvalue weighted by molar-refractivity contribution is 0.486. The lowest BCUT2D eigenvalue weighted by Crippen LogP contribution is -2.09. The van der Waals surface area contributed by atoms with E-state index in [0.717, 1.165) is 37.1 Å². The summed E-state index contributed by atoms with van der Waals surface area (Å²) in [6.07, 6.45) is 12.1. The van der Waals surface area contributed by atoms with E-state index in [1.807, 2.05) is 0 Å². The van der Waals surface area contributed by atoms with Gasteiger partial charge in [0, 0.05) is 0 Å². The molecule has 0 amide bonds. The van der Waals surface area contributed by atoms with Crippen LogP contribution in [-0.2, 0) is 0 Å². The minimum absolute atomic E-state index is 0.992. The molecule has 0 saturated carbocycles. The summed E-state index contributed by atoms with van der Waals surface area (Å²) >= 11 is 0. The lowest BCUT2D eigenvalue weighted by Gasteiger charge is -2.08. The second kappa shape index (κ2) is 6.53. The van der Waals surface area contributed by atoms with Gasteiger partial charge < -0.3 is 0 Å². The summed E-state index contributed by atoms with van der Waals surface area (Å²) < 4.78 is 0.